The van der Waals surface area contributed by atoms with Gasteiger partial charge in [-0.3, -0.25) is 4.79 Å². The quantitative estimate of drug-likeness (QED) is 0.804. The van der Waals surface area contributed by atoms with Gasteiger partial charge < -0.3 is 10.1 Å². The van der Waals surface area contributed by atoms with Gasteiger partial charge in [-0.05, 0) is 51.6 Å². The van der Waals surface area contributed by atoms with Crippen LogP contribution in [0.1, 0.15) is 26.3 Å². The van der Waals surface area contributed by atoms with E-state index in [2.05, 4.69) is 10.0 Å². The summed E-state index contributed by atoms with van der Waals surface area (Å²) in [6.07, 6.45) is 2.91. The van der Waals surface area contributed by atoms with Crippen LogP contribution in [0.2, 0.25) is 0 Å². The fourth-order valence-corrected chi connectivity index (χ4v) is 2.63. The topological polar surface area (TPSA) is 84.5 Å². The second-order valence-electron chi connectivity index (χ2n) is 5.69. The first kappa shape index (κ1) is 18.2. The first-order chi connectivity index (χ1) is 10.1. The minimum Gasteiger partial charge on any atom is -0.495 e. The van der Waals surface area contributed by atoms with Gasteiger partial charge in [-0.2, -0.15) is 0 Å². The molecule has 1 aromatic rings. The lowest BCUT2D eigenvalue weighted by molar-refractivity contribution is -0.117. The zero-order valence-corrected chi connectivity index (χ0v) is 14.2. The number of benzene rings is 1. The third kappa shape index (κ3) is 5.16. The summed E-state index contributed by atoms with van der Waals surface area (Å²) in [5.41, 5.74) is 0.251. The summed E-state index contributed by atoms with van der Waals surface area (Å²) < 4.78 is 31.2. The SMILES string of the molecule is CNS(=O)(=O)c1cc(/C=C/C(=O)NC(C)(C)C)ccc1OC. The highest BCUT2D eigenvalue weighted by atomic mass is 32.2. The van der Waals surface area contributed by atoms with Crippen LogP contribution < -0.4 is 14.8 Å². The maximum atomic E-state index is 12.0. The second kappa shape index (κ2) is 6.93. The standard InChI is InChI=1S/C15H22N2O4S/c1-15(2,3)17-14(18)9-7-11-6-8-12(21-5)13(10-11)22(19,20)16-4/h6-10,16H,1-5H3,(H,17,18)/b9-7+. The molecule has 0 heterocycles. The Labute approximate surface area is 131 Å². The van der Waals surface area contributed by atoms with Gasteiger partial charge >= 0.3 is 0 Å². The van der Waals surface area contributed by atoms with Crippen molar-refractivity contribution < 1.29 is 17.9 Å². The monoisotopic (exact) mass is 326 g/mol. The number of nitrogens with one attached hydrogen (secondary N) is 2. The molecule has 1 aromatic carbocycles. The second-order valence-corrected chi connectivity index (χ2v) is 7.55. The molecule has 1 amide bonds. The van der Waals surface area contributed by atoms with Crippen molar-refractivity contribution in [3.8, 4) is 5.75 Å². The molecule has 0 aliphatic carbocycles. The molecule has 0 radical (unpaired) electrons. The Morgan fingerprint density at radius 2 is 1.91 bits per heavy atom. The van der Waals surface area contributed by atoms with Gasteiger partial charge in [0.1, 0.15) is 10.6 Å². The summed E-state index contributed by atoms with van der Waals surface area (Å²) in [4.78, 5) is 11.8. The van der Waals surface area contributed by atoms with E-state index in [0.29, 0.717) is 5.56 Å². The fraction of sp³-hybridized carbons (Fsp3) is 0.400. The average Bonchev–Trinajstić information content (AvgIpc) is 2.43. The van der Waals surface area contributed by atoms with Crippen molar-refractivity contribution in [1.82, 2.24) is 10.0 Å². The molecule has 0 saturated carbocycles. The molecule has 22 heavy (non-hydrogen) atoms. The Morgan fingerprint density at radius 1 is 1.27 bits per heavy atom. The van der Waals surface area contributed by atoms with E-state index in [1.165, 1.54) is 26.3 Å². The molecule has 122 valence electrons. The first-order valence-corrected chi connectivity index (χ1v) is 8.19. The Bertz CT molecular complexity index is 673. The average molecular weight is 326 g/mol. The molecule has 0 saturated heterocycles. The maximum Gasteiger partial charge on any atom is 0.244 e. The molecule has 0 aromatic heterocycles. The largest absolute Gasteiger partial charge is 0.495 e. The molecule has 0 aliphatic rings. The summed E-state index contributed by atoms with van der Waals surface area (Å²) in [5, 5.41) is 2.79. The van der Waals surface area contributed by atoms with Gasteiger partial charge in [-0.25, -0.2) is 13.1 Å². The summed E-state index contributed by atoms with van der Waals surface area (Å²) >= 11 is 0. The molecule has 0 aliphatic heterocycles. The molecule has 0 unspecified atom stereocenters. The summed E-state index contributed by atoms with van der Waals surface area (Å²) in [5.74, 6) is -0.00742. The van der Waals surface area contributed by atoms with Gasteiger partial charge in [0.25, 0.3) is 0 Å². The van der Waals surface area contributed by atoms with E-state index >= 15 is 0 Å². The predicted molar refractivity (Wildman–Crippen MR) is 86.2 cm³/mol. The van der Waals surface area contributed by atoms with E-state index in [-0.39, 0.29) is 22.1 Å². The van der Waals surface area contributed by atoms with Crippen molar-refractivity contribution in [2.75, 3.05) is 14.2 Å². The minimum absolute atomic E-state index is 0.0240. The van der Waals surface area contributed by atoms with Crippen molar-refractivity contribution in [1.29, 1.82) is 0 Å². The van der Waals surface area contributed by atoms with Crippen LogP contribution in [0.5, 0.6) is 5.75 Å². The number of amides is 1. The van der Waals surface area contributed by atoms with E-state index in [0.717, 1.165) is 0 Å². The highest BCUT2D eigenvalue weighted by molar-refractivity contribution is 7.89. The maximum absolute atomic E-state index is 12.0. The number of carbonyl (C=O) groups is 1. The number of hydrogen-bond acceptors (Lipinski definition) is 4. The number of carbonyl (C=O) groups excluding carboxylic acids is 1. The number of hydrogen-bond donors (Lipinski definition) is 2. The van der Waals surface area contributed by atoms with Crippen LogP contribution in [0.4, 0.5) is 0 Å². The zero-order valence-electron chi connectivity index (χ0n) is 13.4. The van der Waals surface area contributed by atoms with Crippen LogP contribution in [0.15, 0.2) is 29.2 Å². The van der Waals surface area contributed by atoms with E-state index in [9.17, 15) is 13.2 Å². The lowest BCUT2D eigenvalue weighted by Crippen LogP contribution is -2.39. The summed E-state index contributed by atoms with van der Waals surface area (Å²) in [7, 11) is -0.914. The molecule has 0 spiro atoms. The van der Waals surface area contributed by atoms with Crippen molar-refractivity contribution in [2.24, 2.45) is 0 Å². The van der Waals surface area contributed by atoms with Gasteiger partial charge in [0.2, 0.25) is 15.9 Å². The molecule has 0 bridgehead atoms. The van der Waals surface area contributed by atoms with Crippen molar-refractivity contribution >= 4 is 22.0 Å². The van der Waals surface area contributed by atoms with Crippen LogP contribution in [0.25, 0.3) is 6.08 Å². The normalized spacial score (nSPS) is 12.4. The zero-order chi connectivity index (χ0) is 17.0. The van der Waals surface area contributed by atoms with Crippen LogP contribution in [-0.4, -0.2) is 34.0 Å². The third-order valence-corrected chi connectivity index (χ3v) is 4.11. The molecular weight excluding hydrogens is 304 g/mol. The van der Waals surface area contributed by atoms with Crippen molar-refractivity contribution in [3.63, 3.8) is 0 Å². The van der Waals surface area contributed by atoms with E-state index in [4.69, 9.17) is 4.74 Å². The van der Waals surface area contributed by atoms with Gasteiger partial charge in [-0.1, -0.05) is 6.07 Å². The summed E-state index contributed by atoms with van der Waals surface area (Å²) in [6, 6.07) is 4.67. The van der Waals surface area contributed by atoms with Crippen LogP contribution >= 0.6 is 0 Å². The molecule has 0 fully saturated rings. The number of methoxy groups -OCH3 is 1. The van der Waals surface area contributed by atoms with E-state index < -0.39 is 10.0 Å². The third-order valence-electron chi connectivity index (χ3n) is 2.67. The Kier molecular flexibility index (Phi) is 5.73. The van der Waals surface area contributed by atoms with Gasteiger partial charge in [0.15, 0.2) is 0 Å². The van der Waals surface area contributed by atoms with E-state index in [1.807, 2.05) is 20.8 Å². The van der Waals surface area contributed by atoms with Crippen molar-refractivity contribution in [3.05, 3.63) is 29.8 Å². The van der Waals surface area contributed by atoms with E-state index in [1.54, 1.807) is 18.2 Å². The smallest absolute Gasteiger partial charge is 0.244 e. The number of sulfonamides is 1. The fourth-order valence-electron chi connectivity index (χ4n) is 1.70. The Morgan fingerprint density at radius 3 is 2.41 bits per heavy atom. The Hall–Kier alpha value is -1.86. The molecule has 0 atom stereocenters. The highest BCUT2D eigenvalue weighted by Gasteiger charge is 2.18. The van der Waals surface area contributed by atoms with Crippen LogP contribution in [0, 0.1) is 0 Å². The molecule has 7 heteroatoms. The first-order valence-electron chi connectivity index (χ1n) is 6.71. The van der Waals surface area contributed by atoms with Crippen LogP contribution in [-0.2, 0) is 14.8 Å². The number of rotatable bonds is 5. The summed E-state index contributed by atoms with van der Waals surface area (Å²) in [6.45, 7) is 5.64. The molecular formula is C15H22N2O4S. The lowest BCUT2D eigenvalue weighted by Gasteiger charge is -2.19. The molecule has 6 nitrogen and oxygen atoms in total. The predicted octanol–water partition coefficient (Wildman–Crippen LogP) is 1.53. The number of ether oxygens (including phenoxy) is 1. The van der Waals surface area contributed by atoms with Crippen LogP contribution in [0.3, 0.4) is 0 Å². The minimum atomic E-state index is -3.64. The Balaban J connectivity index is 3.08. The lowest BCUT2D eigenvalue weighted by atomic mass is 10.1. The van der Waals surface area contributed by atoms with Crippen molar-refractivity contribution in [2.45, 2.75) is 31.2 Å². The van der Waals surface area contributed by atoms with Gasteiger partial charge in [0.05, 0.1) is 7.11 Å². The highest BCUT2D eigenvalue weighted by Crippen LogP contribution is 2.25. The van der Waals surface area contributed by atoms with Gasteiger partial charge in [-0.15, -0.1) is 0 Å². The van der Waals surface area contributed by atoms with Gasteiger partial charge in [0, 0.05) is 11.6 Å². The molecule has 1 rings (SSSR count). The molecule has 2 N–H and O–H groups in total.